The maximum atomic E-state index is 4.81. The van der Waals surface area contributed by atoms with Crippen LogP contribution >= 0.6 is 27.3 Å². The van der Waals surface area contributed by atoms with Gasteiger partial charge in [0.05, 0.1) is 5.69 Å². The molecule has 1 aromatic carbocycles. The first-order valence-corrected chi connectivity index (χ1v) is 8.23. The van der Waals surface area contributed by atoms with Crippen molar-refractivity contribution in [3.05, 3.63) is 38.1 Å². The van der Waals surface area contributed by atoms with Crippen LogP contribution in [0.15, 0.2) is 22.7 Å². The Morgan fingerprint density at radius 2 is 2.26 bits per heavy atom. The van der Waals surface area contributed by atoms with Crippen molar-refractivity contribution in [1.29, 1.82) is 0 Å². The molecule has 0 amide bonds. The highest BCUT2D eigenvalue weighted by molar-refractivity contribution is 9.10. The van der Waals surface area contributed by atoms with E-state index < -0.39 is 0 Å². The van der Waals surface area contributed by atoms with Crippen molar-refractivity contribution < 1.29 is 0 Å². The number of nitrogens with zero attached hydrogens (tertiary/aromatic N) is 1. The lowest BCUT2D eigenvalue weighted by atomic mass is 10.1. The lowest BCUT2D eigenvalue weighted by Gasteiger charge is -2.05. The fourth-order valence-corrected chi connectivity index (χ4v) is 3.97. The van der Waals surface area contributed by atoms with Crippen LogP contribution in [0.4, 0.5) is 0 Å². The maximum Gasteiger partial charge on any atom is 0.107 e. The predicted octanol–water partition coefficient (Wildman–Crippen LogP) is 4.22. The van der Waals surface area contributed by atoms with Crippen LogP contribution < -0.4 is 5.32 Å². The number of thiazole rings is 1. The van der Waals surface area contributed by atoms with Crippen molar-refractivity contribution in [3.63, 3.8) is 0 Å². The monoisotopic (exact) mass is 336 g/mol. The highest BCUT2D eigenvalue weighted by atomic mass is 79.9. The van der Waals surface area contributed by atoms with Gasteiger partial charge >= 0.3 is 0 Å². The summed E-state index contributed by atoms with van der Waals surface area (Å²) in [6.07, 6.45) is 1.02. The number of hydrogen-bond acceptors (Lipinski definition) is 3. The third-order valence-electron chi connectivity index (χ3n) is 3.28. The summed E-state index contributed by atoms with van der Waals surface area (Å²) in [6.45, 7) is 6.39. The van der Waals surface area contributed by atoms with E-state index in [9.17, 15) is 0 Å². The van der Waals surface area contributed by atoms with E-state index in [0.717, 1.165) is 19.5 Å². The molecule has 0 bridgehead atoms. The van der Waals surface area contributed by atoms with Crippen molar-refractivity contribution in [2.24, 2.45) is 5.92 Å². The standard InChI is InChI=1S/C15H17BrN2S/c1-9(2)7-17-8-14-18-15-10-4-3-5-12(16)11(10)6-13(15)19-14/h3-5,9,17H,6-8H2,1-2H3. The molecule has 0 saturated carbocycles. The lowest BCUT2D eigenvalue weighted by molar-refractivity contribution is 0.551. The molecule has 1 aliphatic rings. The minimum atomic E-state index is 0.684. The fraction of sp³-hybridized carbons (Fsp3) is 0.400. The first-order chi connectivity index (χ1) is 9.15. The Kier molecular flexibility index (Phi) is 3.74. The first-order valence-electron chi connectivity index (χ1n) is 6.62. The summed E-state index contributed by atoms with van der Waals surface area (Å²) in [7, 11) is 0. The molecule has 19 heavy (non-hydrogen) atoms. The molecule has 0 atom stereocenters. The normalized spacial score (nSPS) is 12.8. The Morgan fingerprint density at radius 1 is 1.42 bits per heavy atom. The molecule has 0 saturated heterocycles. The molecule has 2 nitrogen and oxygen atoms in total. The minimum Gasteiger partial charge on any atom is -0.310 e. The average Bonchev–Trinajstić information content (AvgIpc) is 2.87. The van der Waals surface area contributed by atoms with Crippen LogP contribution in [0, 0.1) is 5.92 Å². The van der Waals surface area contributed by atoms with Gasteiger partial charge in [0.15, 0.2) is 0 Å². The second kappa shape index (κ2) is 5.35. The summed E-state index contributed by atoms with van der Waals surface area (Å²) in [5.74, 6) is 0.684. The fourth-order valence-electron chi connectivity index (χ4n) is 2.39. The Hall–Kier alpha value is -0.710. The summed E-state index contributed by atoms with van der Waals surface area (Å²) in [4.78, 5) is 6.21. The molecular formula is C15H17BrN2S. The van der Waals surface area contributed by atoms with E-state index in [1.165, 1.54) is 31.2 Å². The van der Waals surface area contributed by atoms with E-state index in [1.807, 2.05) is 11.3 Å². The van der Waals surface area contributed by atoms with Crippen LogP contribution in [-0.4, -0.2) is 11.5 Å². The Morgan fingerprint density at radius 3 is 3.05 bits per heavy atom. The average molecular weight is 337 g/mol. The molecule has 100 valence electrons. The highest BCUT2D eigenvalue weighted by Crippen LogP contribution is 2.42. The molecule has 3 rings (SSSR count). The smallest absolute Gasteiger partial charge is 0.107 e. The van der Waals surface area contributed by atoms with Gasteiger partial charge in [0.2, 0.25) is 0 Å². The number of nitrogens with one attached hydrogen (secondary N) is 1. The van der Waals surface area contributed by atoms with Gasteiger partial charge in [-0.05, 0) is 24.1 Å². The zero-order valence-corrected chi connectivity index (χ0v) is 13.6. The highest BCUT2D eigenvalue weighted by Gasteiger charge is 2.24. The molecule has 2 aromatic rings. The molecular weight excluding hydrogens is 320 g/mol. The van der Waals surface area contributed by atoms with E-state index in [4.69, 9.17) is 4.98 Å². The number of halogens is 1. The van der Waals surface area contributed by atoms with Gasteiger partial charge in [-0.3, -0.25) is 0 Å². The number of hydrogen-bond donors (Lipinski definition) is 1. The molecule has 1 N–H and O–H groups in total. The van der Waals surface area contributed by atoms with Crippen LogP contribution in [0.25, 0.3) is 11.3 Å². The first kappa shape index (κ1) is 13.3. The van der Waals surface area contributed by atoms with E-state index in [0.29, 0.717) is 5.92 Å². The number of aromatic nitrogens is 1. The molecule has 0 radical (unpaired) electrons. The third kappa shape index (κ3) is 2.62. The Balaban J connectivity index is 1.80. The number of fused-ring (bicyclic) bond motifs is 3. The van der Waals surface area contributed by atoms with E-state index in [1.54, 1.807) is 0 Å². The van der Waals surface area contributed by atoms with Crippen LogP contribution in [0.5, 0.6) is 0 Å². The molecule has 1 heterocycles. The summed E-state index contributed by atoms with van der Waals surface area (Å²) >= 11 is 5.48. The van der Waals surface area contributed by atoms with Crippen LogP contribution in [0.2, 0.25) is 0 Å². The van der Waals surface area contributed by atoms with Crippen molar-refractivity contribution >= 4 is 27.3 Å². The Bertz CT molecular complexity index is 604. The van der Waals surface area contributed by atoms with Gasteiger partial charge in [-0.1, -0.05) is 41.9 Å². The van der Waals surface area contributed by atoms with Gasteiger partial charge < -0.3 is 5.32 Å². The largest absolute Gasteiger partial charge is 0.310 e. The lowest BCUT2D eigenvalue weighted by Crippen LogP contribution is -2.18. The van der Waals surface area contributed by atoms with Crippen LogP contribution in [0.3, 0.4) is 0 Å². The zero-order valence-electron chi connectivity index (χ0n) is 11.2. The van der Waals surface area contributed by atoms with Gasteiger partial charge in [0, 0.05) is 27.9 Å². The van der Waals surface area contributed by atoms with E-state index in [2.05, 4.69) is 53.3 Å². The van der Waals surface area contributed by atoms with Gasteiger partial charge in [-0.2, -0.15) is 0 Å². The van der Waals surface area contributed by atoms with Crippen LogP contribution in [0.1, 0.15) is 29.3 Å². The number of benzene rings is 1. The molecule has 0 fully saturated rings. The molecule has 1 aromatic heterocycles. The second-order valence-corrected chi connectivity index (χ2v) is 7.37. The molecule has 1 aliphatic carbocycles. The van der Waals surface area contributed by atoms with Gasteiger partial charge in [0.25, 0.3) is 0 Å². The van der Waals surface area contributed by atoms with Gasteiger partial charge in [-0.15, -0.1) is 11.3 Å². The summed E-state index contributed by atoms with van der Waals surface area (Å²) in [6, 6.07) is 6.38. The molecule has 0 spiro atoms. The summed E-state index contributed by atoms with van der Waals surface area (Å²) in [5.41, 5.74) is 3.89. The second-order valence-electron chi connectivity index (χ2n) is 5.35. The minimum absolute atomic E-state index is 0.684. The van der Waals surface area contributed by atoms with Crippen molar-refractivity contribution in [1.82, 2.24) is 10.3 Å². The predicted molar refractivity (Wildman–Crippen MR) is 84.6 cm³/mol. The van der Waals surface area contributed by atoms with Gasteiger partial charge in [0.1, 0.15) is 5.01 Å². The van der Waals surface area contributed by atoms with Gasteiger partial charge in [-0.25, -0.2) is 4.98 Å². The third-order valence-corrected chi connectivity index (χ3v) is 5.08. The van der Waals surface area contributed by atoms with Crippen molar-refractivity contribution in [2.45, 2.75) is 26.8 Å². The van der Waals surface area contributed by atoms with Crippen LogP contribution in [-0.2, 0) is 13.0 Å². The maximum absolute atomic E-state index is 4.81. The van der Waals surface area contributed by atoms with Crippen molar-refractivity contribution in [2.75, 3.05) is 6.54 Å². The number of rotatable bonds is 4. The van der Waals surface area contributed by atoms with E-state index >= 15 is 0 Å². The quantitative estimate of drug-likeness (QED) is 0.771. The molecule has 0 aliphatic heterocycles. The topological polar surface area (TPSA) is 24.9 Å². The van der Waals surface area contributed by atoms with Crippen molar-refractivity contribution in [3.8, 4) is 11.3 Å². The summed E-state index contributed by atoms with van der Waals surface area (Å²) in [5, 5.41) is 4.67. The zero-order chi connectivity index (χ0) is 13.4. The summed E-state index contributed by atoms with van der Waals surface area (Å²) < 4.78 is 1.20. The molecule has 4 heteroatoms. The SMILES string of the molecule is CC(C)CNCc1nc2c(s1)Cc1c(Br)cccc1-2. The molecule has 0 unspecified atom stereocenters. The Labute approximate surface area is 126 Å². The van der Waals surface area contributed by atoms with E-state index in [-0.39, 0.29) is 0 Å².